The average molecular weight is 429 g/mol. The summed E-state index contributed by atoms with van der Waals surface area (Å²) in [5, 5.41) is 2.91. The van der Waals surface area contributed by atoms with Crippen molar-refractivity contribution in [1.82, 2.24) is 0 Å². The smallest absolute Gasteiger partial charge is 0.256 e. The van der Waals surface area contributed by atoms with Gasteiger partial charge in [0, 0.05) is 9.26 Å². The quantitative estimate of drug-likeness (QED) is 0.545. The Balaban J connectivity index is 1.68. The van der Waals surface area contributed by atoms with Crippen LogP contribution in [0, 0.1) is 10.5 Å². The zero-order valence-electron chi connectivity index (χ0n) is 13.1. The van der Waals surface area contributed by atoms with Crippen LogP contribution in [0.5, 0.6) is 11.5 Å². The van der Waals surface area contributed by atoms with E-state index in [1.807, 2.05) is 79.7 Å². The predicted molar refractivity (Wildman–Crippen MR) is 105 cm³/mol. The lowest BCUT2D eigenvalue weighted by molar-refractivity contribution is 0.102. The second kappa shape index (κ2) is 7.49. The number of rotatable bonds is 4. The maximum absolute atomic E-state index is 12.4. The van der Waals surface area contributed by atoms with Crippen LogP contribution in [0.4, 0.5) is 5.69 Å². The van der Waals surface area contributed by atoms with Crippen molar-refractivity contribution < 1.29 is 9.53 Å². The van der Waals surface area contributed by atoms with Crippen LogP contribution >= 0.6 is 22.6 Å². The second-order valence-corrected chi connectivity index (χ2v) is 6.54. The number of hydrogen-bond donors (Lipinski definition) is 1. The predicted octanol–water partition coefficient (Wildman–Crippen LogP) is 5.64. The standard InChI is InChI=1S/C20H16INO2/c1-14-7-12-18(19(21)13-14)20(23)22-15-8-10-17(11-9-15)24-16-5-3-2-4-6-16/h2-13H,1H3,(H,22,23). The third-order valence-corrected chi connectivity index (χ3v) is 4.35. The normalized spacial score (nSPS) is 10.2. The zero-order valence-corrected chi connectivity index (χ0v) is 15.3. The first-order valence-corrected chi connectivity index (χ1v) is 8.60. The molecule has 120 valence electrons. The number of halogens is 1. The molecular formula is C20H16INO2. The Labute approximate surface area is 154 Å². The van der Waals surface area contributed by atoms with Gasteiger partial charge in [0.1, 0.15) is 11.5 Å². The number of amides is 1. The van der Waals surface area contributed by atoms with Crippen LogP contribution in [0.1, 0.15) is 15.9 Å². The summed E-state index contributed by atoms with van der Waals surface area (Å²) >= 11 is 2.18. The number of nitrogens with one attached hydrogen (secondary N) is 1. The van der Waals surface area contributed by atoms with Gasteiger partial charge in [-0.05, 0) is 78.0 Å². The van der Waals surface area contributed by atoms with E-state index in [9.17, 15) is 4.79 Å². The summed E-state index contributed by atoms with van der Waals surface area (Å²) in [5.41, 5.74) is 2.54. The van der Waals surface area contributed by atoms with Gasteiger partial charge in [-0.2, -0.15) is 0 Å². The molecule has 0 spiro atoms. The van der Waals surface area contributed by atoms with E-state index in [-0.39, 0.29) is 5.91 Å². The van der Waals surface area contributed by atoms with Crippen molar-refractivity contribution in [3.8, 4) is 11.5 Å². The molecule has 0 aliphatic carbocycles. The van der Waals surface area contributed by atoms with E-state index >= 15 is 0 Å². The number of benzene rings is 3. The summed E-state index contributed by atoms with van der Waals surface area (Å²) in [4.78, 5) is 12.4. The molecule has 4 heteroatoms. The van der Waals surface area contributed by atoms with Gasteiger partial charge in [0.2, 0.25) is 0 Å². The maximum Gasteiger partial charge on any atom is 0.256 e. The molecule has 1 N–H and O–H groups in total. The summed E-state index contributed by atoms with van der Waals surface area (Å²) in [5.74, 6) is 1.39. The molecule has 0 saturated heterocycles. The SMILES string of the molecule is Cc1ccc(C(=O)Nc2ccc(Oc3ccccc3)cc2)c(I)c1. The van der Waals surface area contributed by atoms with Gasteiger partial charge < -0.3 is 10.1 Å². The lowest BCUT2D eigenvalue weighted by Crippen LogP contribution is -2.13. The van der Waals surface area contributed by atoms with E-state index in [2.05, 4.69) is 27.9 Å². The van der Waals surface area contributed by atoms with Gasteiger partial charge in [-0.25, -0.2) is 0 Å². The molecule has 3 aromatic rings. The van der Waals surface area contributed by atoms with E-state index in [4.69, 9.17) is 4.74 Å². The molecule has 24 heavy (non-hydrogen) atoms. The minimum atomic E-state index is -0.115. The summed E-state index contributed by atoms with van der Waals surface area (Å²) in [6.07, 6.45) is 0. The number of ether oxygens (including phenoxy) is 1. The van der Waals surface area contributed by atoms with Gasteiger partial charge in [-0.15, -0.1) is 0 Å². The molecule has 0 aliphatic rings. The van der Waals surface area contributed by atoms with Crippen molar-refractivity contribution >= 4 is 34.2 Å². The first-order valence-electron chi connectivity index (χ1n) is 7.52. The fourth-order valence-electron chi connectivity index (χ4n) is 2.23. The molecule has 0 aliphatic heterocycles. The van der Waals surface area contributed by atoms with Gasteiger partial charge in [0.15, 0.2) is 0 Å². The molecule has 0 bridgehead atoms. The monoisotopic (exact) mass is 429 g/mol. The first-order chi connectivity index (χ1) is 11.6. The lowest BCUT2D eigenvalue weighted by Gasteiger charge is -2.09. The third kappa shape index (κ3) is 4.14. The Morgan fingerprint density at radius 1 is 0.917 bits per heavy atom. The molecule has 0 heterocycles. The molecule has 0 saturated carbocycles. The van der Waals surface area contributed by atoms with Gasteiger partial charge >= 0.3 is 0 Å². The number of anilines is 1. The van der Waals surface area contributed by atoms with E-state index in [1.165, 1.54) is 0 Å². The molecule has 0 radical (unpaired) electrons. The highest BCUT2D eigenvalue weighted by atomic mass is 127. The van der Waals surface area contributed by atoms with Crippen molar-refractivity contribution in [1.29, 1.82) is 0 Å². The van der Waals surface area contributed by atoms with Crippen LogP contribution in [0.2, 0.25) is 0 Å². The second-order valence-electron chi connectivity index (χ2n) is 5.38. The van der Waals surface area contributed by atoms with Crippen LogP contribution in [-0.4, -0.2) is 5.91 Å². The maximum atomic E-state index is 12.4. The van der Waals surface area contributed by atoms with E-state index in [1.54, 1.807) is 0 Å². The molecule has 0 aromatic heterocycles. The van der Waals surface area contributed by atoms with Gasteiger partial charge in [0.25, 0.3) is 5.91 Å². The lowest BCUT2D eigenvalue weighted by atomic mass is 10.1. The highest BCUT2D eigenvalue weighted by molar-refractivity contribution is 14.1. The summed E-state index contributed by atoms with van der Waals surface area (Å²) < 4.78 is 6.68. The molecule has 1 amide bonds. The van der Waals surface area contributed by atoms with Crippen molar-refractivity contribution in [2.24, 2.45) is 0 Å². The minimum absolute atomic E-state index is 0.115. The number of carbonyl (C=O) groups excluding carboxylic acids is 1. The molecule has 0 unspecified atom stereocenters. The van der Waals surface area contributed by atoms with Crippen LogP contribution < -0.4 is 10.1 Å². The van der Waals surface area contributed by atoms with Crippen molar-refractivity contribution in [2.75, 3.05) is 5.32 Å². The van der Waals surface area contributed by atoms with Crippen LogP contribution in [0.15, 0.2) is 72.8 Å². The van der Waals surface area contributed by atoms with E-state index in [0.717, 1.165) is 26.3 Å². The Morgan fingerprint density at radius 3 is 2.25 bits per heavy atom. The summed E-state index contributed by atoms with van der Waals surface area (Å²) in [6.45, 7) is 2.01. The molecule has 3 nitrogen and oxygen atoms in total. The minimum Gasteiger partial charge on any atom is -0.457 e. The van der Waals surface area contributed by atoms with Gasteiger partial charge in [-0.3, -0.25) is 4.79 Å². The van der Waals surface area contributed by atoms with Crippen LogP contribution in [0.25, 0.3) is 0 Å². The molecule has 0 atom stereocenters. The molecule has 3 aromatic carbocycles. The number of carbonyl (C=O) groups is 1. The molecule has 0 fully saturated rings. The number of aryl methyl sites for hydroxylation is 1. The largest absolute Gasteiger partial charge is 0.457 e. The van der Waals surface area contributed by atoms with Crippen molar-refractivity contribution in [3.05, 3.63) is 87.5 Å². The van der Waals surface area contributed by atoms with Gasteiger partial charge in [-0.1, -0.05) is 29.8 Å². The Hall–Kier alpha value is -2.34. The van der Waals surface area contributed by atoms with Crippen molar-refractivity contribution in [2.45, 2.75) is 6.92 Å². The van der Waals surface area contributed by atoms with Crippen molar-refractivity contribution in [3.63, 3.8) is 0 Å². The van der Waals surface area contributed by atoms with Crippen LogP contribution in [0.3, 0.4) is 0 Å². The Kier molecular flexibility index (Phi) is 5.15. The Morgan fingerprint density at radius 2 is 1.58 bits per heavy atom. The zero-order chi connectivity index (χ0) is 16.9. The third-order valence-electron chi connectivity index (χ3n) is 3.46. The first kappa shape index (κ1) is 16.5. The highest BCUT2D eigenvalue weighted by Gasteiger charge is 2.10. The topological polar surface area (TPSA) is 38.3 Å². The summed E-state index contributed by atoms with van der Waals surface area (Å²) in [7, 11) is 0. The molecule has 3 rings (SSSR count). The number of para-hydroxylation sites is 1. The fraction of sp³-hybridized carbons (Fsp3) is 0.0500. The van der Waals surface area contributed by atoms with Crippen LogP contribution in [-0.2, 0) is 0 Å². The van der Waals surface area contributed by atoms with E-state index < -0.39 is 0 Å². The highest BCUT2D eigenvalue weighted by Crippen LogP contribution is 2.23. The summed E-state index contributed by atoms with van der Waals surface area (Å²) in [6, 6.07) is 22.7. The van der Waals surface area contributed by atoms with Gasteiger partial charge in [0.05, 0.1) is 5.56 Å². The number of hydrogen-bond acceptors (Lipinski definition) is 2. The fourth-order valence-corrected chi connectivity index (χ4v) is 3.15. The average Bonchev–Trinajstić information content (AvgIpc) is 2.57. The molecular weight excluding hydrogens is 413 g/mol. The Bertz CT molecular complexity index is 845. The van der Waals surface area contributed by atoms with E-state index in [0.29, 0.717) is 5.56 Å².